The number of carbonyl (C=O) groups is 1. The normalized spacial score (nSPS) is 22.4. The molecule has 0 N–H and O–H groups in total. The number of nitrogens with zero attached hydrogens (tertiary/aromatic N) is 1. The Hall–Kier alpha value is -1.18. The molecule has 0 spiro atoms. The second kappa shape index (κ2) is 3.91. The predicted octanol–water partition coefficient (Wildman–Crippen LogP) is 2.62. The summed E-state index contributed by atoms with van der Waals surface area (Å²) in [6.07, 6.45) is 7.42. The quantitative estimate of drug-likeness (QED) is 0.679. The third kappa shape index (κ3) is 2.00. The number of rotatable bonds is 1. The molecule has 1 aliphatic rings. The number of aryl methyl sites for hydroxylation is 1. The van der Waals surface area contributed by atoms with Crippen LogP contribution in [0.1, 0.15) is 42.7 Å². The average Bonchev–Trinajstić information content (AvgIpc) is 2.18. The van der Waals surface area contributed by atoms with Gasteiger partial charge in [-0.25, -0.2) is 0 Å². The molecule has 2 nitrogen and oxygen atoms in total. The van der Waals surface area contributed by atoms with E-state index in [4.69, 9.17) is 0 Å². The van der Waals surface area contributed by atoms with Gasteiger partial charge in [0.05, 0.1) is 0 Å². The van der Waals surface area contributed by atoms with Crippen LogP contribution in [0.25, 0.3) is 0 Å². The van der Waals surface area contributed by atoms with E-state index >= 15 is 0 Å². The highest BCUT2D eigenvalue weighted by atomic mass is 16.1. The van der Waals surface area contributed by atoms with Gasteiger partial charge in [0.1, 0.15) is 5.78 Å². The summed E-state index contributed by atoms with van der Waals surface area (Å²) < 4.78 is 0. The van der Waals surface area contributed by atoms with Gasteiger partial charge in [-0.1, -0.05) is 6.07 Å². The fraction of sp³-hybridized carbons (Fsp3) is 0.500. The highest BCUT2D eigenvalue weighted by Gasteiger charge is 2.20. The molecule has 1 saturated carbocycles. The number of ketones is 1. The molecule has 0 radical (unpaired) electrons. The first-order chi connectivity index (χ1) is 6.75. The van der Waals surface area contributed by atoms with E-state index < -0.39 is 0 Å². The number of hydrogen-bond donors (Lipinski definition) is 0. The maximum atomic E-state index is 11.3. The maximum Gasteiger partial charge on any atom is 0.133 e. The van der Waals surface area contributed by atoms with Crippen LogP contribution in [0.15, 0.2) is 18.5 Å². The maximum absolute atomic E-state index is 11.3. The van der Waals surface area contributed by atoms with Crippen molar-refractivity contribution in [2.24, 2.45) is 0 Å². The molecule has 0 amide bonds. The van der Waals surface area contributed by atoms with Gasteiger partial charge in [-0.05, 0) is 36.8 Å². The summed E-state index contributed by atoms with van der Waals surface area (Å²) in [5.41, 5.74) is 2.42. The van der Waals surface area contributed by atoms with E-state index in [2.05, 4.69) is 11.1 Å². The molecule has 14 heavy (non-hydrogen) atoms. The van der Waals surface area contributed by atoms with Crippen molar-refractivity contribution in [3.8, 4) is 0 Å². The Bertz CT molecular complexity index is 346. The number of Topliss-reactive ketones (excluding diaryl/α,β-unsaturated/α-hetero) is 1. The van der Waals surface area contributed by atoms with E-state index in [9.17, 15) is 4.79 Å². The third-order valence-corrected chi connectivity index (χ3v) is 2.85. The van der Waals surface area contributed by atoms with Crippen LogP contribution < -0.4 is 0 Å². The van der Waals surface area contributed by atoms with Crippen LogP contribution in [-0.2, 0) is 4.79 Å². The largest absolute Gasteiger partial charge is 0.300 e. The lowest BCUT2D eigenvalue weighted by molar-refractivity contribution is -0.120. The topological polar surface area (TPSA) is 30.0 Å². The molecule has 0 aliphatic heterocycles. The molecule has 1 aromatic rings. The van der Waals surface area contributed by atoms with Crippen molar-refractivity contribution in [2.75, 3.05) is 0 Å². The Labute approximate surface area is 84.4 Å². The van der Waals surface area contributed by atoms with Crippen LogP contribution in [0.4, 0.5) is 0 Å². The lowest BCUT2D eigenvalue weighted by Crippen LogP contribution is -2.13. The fourth-order valence-corrected chi connectivity index (χ4v) is 2.11. The highest BCUT2D eigenvalue weighted by Crippen LogP contribution is 2.30. The fourth-order valence-electron chi connectivity index (χ4n) is 2.11. The predicted molar refractivity (Wildman–Crippen MR) is 55.2 cm³/mol. The summed E-state index contributed by atoms with van der Waals surface area (Å²) in [5, 5.41) is 0. The second-order valence-corrected chi connectivity index (χ2v) is 4.13. The summed E-state index contributed by atoms with van der Waals surface area (Å²) in [5.74, 6) is 0.825. The molecule has 1 atom stereocenters. The Morgan fingerprint density at radius 1 is 1.43 bits per heavy atom. The molecule has 2 heteroatoms. The Balaban J connectivity index is 2.17. The SMILES string of the molecule is Cc1cncc(C2CCCC(=O)C2)c1. The van der Waals surface area contributed by atoms with Crippen LogP contribution >= 0.6 is 0 Å². The van der Waals surface area contributed by atoms with Gasteiger partial charge in [0.25, 0.3) is 0 Å². The van der Waals surface area contributed by atoms with Crippen molar-refractivity contribution < 1.29 is 4.79 Å². The van der Waals surface area contributed by atoms with Gasteiger partial charge in [-0.2, -0.15) is 0 Å². The molecule has 0 bridgehead atoms. The highest BCUT2D eigenvalue weighted by molar-refractivity contribution is 5.80. The third-order valence-electron chi connectivity index (χ3n) is 2.85. The van der Waals surface area contributed by atoms with Crippen molar-refractivity contribution in [2.45, 2.75) is 38.5 Å². The molecule has 1 unspecified atom stereocenters. The van der Waals surface area contributed by atoms with Gasteiger partial charge in [-0.15, -0.1) is 0 Å². The van der Waals surface area contributed by atoms with E-state index in [1.165, 1.54) is 11.1 Å². The van der Waals surface area contributed by atoms with Crippen molar-refractivity contribution in [1.29, 1.82) is 0 Å². The van der Waals surface area contributed by atoms with Crippen LogP contribution in [0.3, 0.4) is 0 Å². The first-order valence-corrected chi connectivity index (χ1v) is 5.19. The summed E-state index contributed by atoms with van der Waals surface area (Å²) in [4.78, 5) is 15.5. The van der Waals surface area contributed by atoms with Crippen LogP contribution in [-0.4, -0.2) is 10.8 Å². The smallest absolute Gasteiger partial charge is 0.133 e. The van der Waals surface area contributed by atoms with Crippen LogP contribution in [0.5, 0.6) is 0 Å². The summed E-state index contributed by atoms with van der Waals surface area (Å²) >= 11 is 0. The second-order valence-electron chi connectivity index (χ2n) is 4.13. The minimum atomic E-state index is 0.405. The van der Waals surface area contributed by atoms with Crippen LogP contribution in [0, 0.1) is 6.92 Å². The van der Waals surface area contributed by atoms with Gasteiger partial charge >= 0.3 is 0 Å². The Morgan fingerprint density at radius 3 is 3.00 bits per heavy atom. The minimum absolute atomic E-state index is 0.405. The first-order valence-electron chi connectivity index (χ1n) is 5.19. The van der Waals surface area contributed by atoms with Gasteiger partial charge in [0, 0.05) is 25.2 Å². The zero-order chi connectivity index (χ0) is 9.97. The molecule has 0 saturated heterocycles. The van der Waals surface area contributed by atoms with Crippen LogP contribution in [0.2, 0.25) is 0 Å². The van der Waals surface area contributed by atoms with Gasteiger partial charge < -0.3 is 0 Å². The van der Waals surface area contributed by atoms with Crippen molar-refractivity contribution in [3.63, 3.8) is 0 Å². The summed E-state index contributed by atoms with van der Waals surface area (Å²) in [7, 11) is 0. The van der Waals surface area contributed by atoms with E-state index in [0.717, 1.165) is 19.3 Å². The molecule has 1 fully saturated rings. The molecule has 2 rings (SSSR count). The van der Waals surface area contributed by atoms with E-state index in [1.807, 2.05) is 19.3 Å². The first kappa shape index (κ1) is 9.38. The standard InChI is InChI=1S/C12H15NO/c1-9-5-11(8-13-7-9)10-3-2-4-12(14)6-10/h5,7-8,10H,2-4,6H2,1H3. The Morgan fingerprint density at radius 2 is 2.29 bits per heavy atom. The van der Waals surface area contributed by atoms with Gasteiger partial charge in [0.2, 0.25) is 0 Å². The Kier molecular flexibility index (Phi) is 2.62. The van der Waals surface area contributed by atoms with E-state index in [-0.39, 0.29) is 0 Å². The lowest BCUT2D eigenvalue weighted by atomic mass is 9.84. The number of aromatic nitrogens is 1. The molecule has 1 aliphatic carbocycles. The molecular weight excluding hydrogens is 174 g/mol. The number of pyridine rings is 1. The zero-order valence-electron chi connectivity index (χ0n) is 8.49. The molecule has 1 aromatic heterocycles. The van der Waals surface area contributed by atoms with Gasteiger partial charge in [-0.3, -0.25) is 9.78 Å². The van der Waals surface area contributed by atoms with Crippen molar-refractivity contribution in [1.82, 2.24) is 4.98 Å². The molecule has 1 heterocycles. The zero-order valence-corrected chi connectivity index (χ0v) is 8.49. The number of hydrogen-bond acceptors (Lipinski definition) is 2. The molecule has 0 aromatic carbocycles. The monoisotopic (exact) mass is 189 g/mol. The van der Waals surface area contributed by atoms with Gasteiger partial charge in [0.15, 0.2) is 0 Å². The van der Waals surface area contributed by atoms with E-state index in [0.29, 0.717) is 18.1 Å². The molecule has 74 valence electrons. The van der Waals surface area contributed by atoms with E-state index in [1.54, 1.807) is 0 Å². The average molecular weight is 189 g/mol. The number of carbonyl (C=O) groups excluding carboxylic acids is 1. The summed E-state index contributed by atoms with van der Waals surface area (Å²) in [6, 6.07) is 2.15. The lowest BCUT2D eigenvalue weighted by Gasteiger charge is -2.20. The van der Waals surface area contributed by atoms with Crippen molar-refractivity contribution in [3.05, 3.63) is 29.6 Å². The van der Waals surface area contributed by atoms with Crippen molar-refractivity contribution >= 4 is 5.78 Å². The minimum Gasteiger partial charge on any atom is -0.300 e. The molecular formula is C12H15NO. The summed E-state index contributed by atoms with van der Waals surface area (Å²) in [6.45, 7) is 2.04.